The molecule has 0 aliphatic heterocycles. The van der Waals surface area contributed by atoms with Crippen LogP contribution in [0.3, 0.4) is 0 Å². The zero-order chi connectivity index (χ0) is 16.6. The predicted octanol–water partition coefficient (Wildman–Crippen LogP) is 5.51. The van der Waals surface area contributed by atoms with E-state index in [1.54, 1.807) is 22.6 Å². The fourth-order valence-electron chi connectivity index (χ4n) is 2.92. The van der Waals surface area contributed by atoms with Crippen LogP contribution in [0.25, 0.3) is 16.6 Å². The molecule has 0 bridgehead atoms. The van der Waals surface area contributed by atoms with Crippen molar-refractivity contribution in [1.82, 2.24) is 19.6 Å². The predicted molar refractivity (Wildman–Crippen MR) is 102 cm³/mol. The minimum atomic E-state index is 0.857. The lowest BCUT2D eigenvalue weighted by molar-refractivity contribution is 0.586. The number of hydrogen-bond donors (Lipinski definition) is 0. The number of benzene rings is 1. The van der Waals surface area contributed by atoms with E-state index < -0.39 is 0 Å². The molecule has 2 aromatic heterocycles. The molecule has 0 saturated heterocycles. The van der Waals surface area contributed by atoms with Gasteiger partial charge in [-0.3, -0.25) is 0 Å². The molecule has 4 nitrogen and oxygen atoms in total. The molecule has 0 saturated carbocycles. The Kier molecular flexibility index (Phi) is 6.47. The van der Waals surface area contributed by atoms with Gasteiger partial charge in [0.15, 0.2) is 5.65 Å². The van der Waals surface area contributed by atoms with Crippen molar-refractivity contribution in [1.29, 1.82) is 0 Å². The van der Waals surface area contributed by atoms with E-state index in [1.807, 2.05) is 18.2 Å². The molecule has 5 heteroatoms. The SMILES string of the molecule is CCCCCCCCCCSc1nc2c3ccccc3ncn2n1. The van der Waals surface area contributed by atoms with Crippen LogP contribution in [0.4, 0.5) is 0 Å². The highest BCUT2D eigenvalue weighted by atomic mass is 32.2. The third-order valence-electron chi connectivity index (χ3n) is 4.29. The van der Waals surface area contributed by atoms with Gasteiger partial charge in [-0.2, -0.15) is 0 Å². The van der Waals surface area contributed by atoms with Crippen LogP contribution >= 0.6 is 11.8 Å². The van der Waals surface area contributed by atoms with E-state index >= 15 is 0 Å². The first kappa shape index (κ1) is 17.2. The number of para-hydroxylation sites is 1. The molecule has 0 fully saturated rings. The summed E-state index contributed by atoms with van der Waals surface area (Å²) in [5, 5.41) is 6.46. The molecule has 3 rings (SSSR count). The first-order valence-electron chi connectivity index (χ1n) is 9.11. The second-order valence-corrected chi connectivity index (χ2v) is 7.31. The van der Waals surface area contributed by atoms with Crippen molar-refractivity contribution in [2.75, 3.05) is 5.75 Å². The zero-order valence-electron chi connectivity index (χ0n) is 14.4. The summed E-state index contributed by atoms with van der Waals surface area (Å²) in [5.41, 5.74) is 1.87. The Balaban J connectivity index is 1.45. The van der Waals surface area contributed by atoms with Crippen LogP contribution in [0, 0.1) is 0 Å². The smallest absolute Gasteiger partial charge is 0.209 e. The lowest BCUT2D eigenvalue weighted by atomic mass is 10.1. The van der Waals surface area contributed by atoms with E-state index in [9.17, 15) is 0 Å². The van der Waals surface area contributed by atoms with Gasteiger partial charge < -0.3 is 0 Å². The monoisotopic (exact) mass is 342 g/mol. The summed E-state index contributed by atoms with van der Waals surface area (Å²) in [5.74, 6) is 1.09. The van der Waals surface area contributed by atoms with Crippen molar-refractivity contribution in [3.8, 4) is 0 Å². The maximum atomic E-state index is 4.68. The van der Waals surface area contributed by atoms with Gasteiger partial charge >= 0.3 is 0 Å². The van der Waals surface area contributed by atoms with Crippen LogP contribution in [-0.4, -0.2) is 25.3 Å². The number of hydrogen-bond acceptors (Lipinski definition) is 4. The Morgan fingerprint density at radius 1 is 0.958 bits per heavy atom. The van der Waals surface area contributed by atoms with Gasteiger partial charge in [-0.25, -0.2) is 14.5 Å². The molecule has 0 aliphatic carbocycles. The van der Waals surface area contributed by atoms with E-state index in [0.717, 1.165) is 27.5 Å². The maximum Gasteiger partial charge on any atom is 0.209 e. The van der Waals surface area contributed by atoms with E-state index in [2.05, 4.69) is 28.1 Å². The molecule has 128 valence electrons. The van der Waals surface area contributed by atoms with Crippen LogP contribution in [0.15, 0.2) is 35.7 Å². The van der Waals surface area contributed by atoms with Gasteiger partial charge in [-0.05, 0) is 18.6 Å². The van der Waals surface area contributed by atoms with Gasteiger partial charge in [-0.15, -0.1) is 5.10 Å². The van der Waals surface area contributed by atoms with Crippen molar-refractivity contribution >= 4 is 28.3 Å². The highest BCUT2D eigenvalue weighted by molar-refractivity contribution is 7.99. The maximum absolute atomic E-state index is 4.68. The minimum Gasteiger partial charge on any atom is -0.236 e. The molecular weight excluding hydrogens is 316 g/mol. The Labute approximate surface area is 148 Å². The molecule has 0 aliphatic rings. The van der Waals surface area contributed by atoms with Crippen LogP contribution in [-0.2, 0) is 0 Å². The van der Waals surface area contributed by atoms with Gasteiger partial charge in [0.25, 0.3) is 0 Å². The van der Waals surface area contributed by atoms with E-state index in [0.29, 0.717) is 0 Å². The second-order valence-electron chi connectivity index (χ2n) is 6.25. The summed E-state index contributed by atoms with van der Waals surface area (Å²) in [6.45, 7) is 2.27. The average molecular weight is 343 g/mol. The summed E-state index contributed by atoms with van der Waals surface area (Å²) in [7, 11) is 0. The number of aromatic nitrogens is 4. The Morgan fingerprint density at radius 2 is 1.71 bits per heavy atom. The standard InChI is InChI=1S/C19H26N4S/c1-2-3-4-5-6-7-8-11-14-24-19-21-18-16-12-9-10-13-17(16)20-15-23(18)22-19/h9-10,12-13,15H,2-8,11,14H2,1H3. The van der Waals surface area contributed by atoms with Gasteiger partial charge in [0.1, 0.15) is 6.33 Å². The van der Waals surface area contributed by atoms with Gasteiger partial charge in [0, 0.05) is 11.1 Å². The van der Waals surface area contributed by atoms with E-state index in [4.69, 9.17) is 0 Å². The quantitative estimate of drug-likeness (QED) is 0.360. The third-order valence-corrected chi connectivity index (χ3v) is 5.22. The summed E-state index contributed by atoms with van der Waals surface area (Å²) in [6, 6.07) is 8.09. The first-order chi connectivity index (χ1) is 11.9. The summed E-state index contributed by atoms with van der Waals surface area (Å²) in [6.07, 6.45) is 12.6. The third kappa shape index (κ3) is 4.47. The van der Waals surface area contributed by atoms with Crippen molar-refractivity contribution in [3.63, 3.8) is 0 Å². The Morgan fingerprint density at radius 3 is 2.54 bits per heavy atom. The molecule has 0 N–H and O–H groups in total. The summed E-state index contributed by atoms with van der Waals surface area (Å²) < 4.78 is 1.79. The van der Waals surface area contributed by atoms with Gasteiger partial charge in [-0.1, -0.05) is 75.8 Å². The van der Waals surface area contributed by atoms with E-state index in [1.165, 1.54) is 51.4 Å². The van der Waals surface area contributed by atoms with Crippen molar-refractivity contribution in [2.24, 2.45) is 0 Å². The van der Waals surface area contributed by atoms with Crippen LogP contribution < -0.4 is 0 Å². The molecule has 3 aromatic rings. The molecule has 0 amide bonds. The molecule has 0 unspecified atom stereocenters. The lowest BCUT2D eigenvalue weighted by Gasteiger charge is -2.00. The topological polar surface area (TPSA) is 43.1 Å². The number of thioether (sulfide) groups is 1. The fourth-order valence-corrected chi connectivity index (χ4v) is 3.75. The molecule has 0 spiro atoms. The highest BCUT2D eigenvalue weighted by Gasteiger charge is 2.08. The molecule has 1 aromatic carbocycles. The second kappa shape index (κ2) is 9.02. The Bertz CT molecular complexity index is 768. The largest absolute Gasteiger partial charge is 0.236 e. The van der Waals surface area contributed by atoms with Crippen molar-refractivity contribution in [2.45, 2.75) is 63.4 Å². The average Bonchev–Trinajstić information content (AvgIpc) is 3.04. The van der Waals surface area contributed by atoms with Crippen molar-refractivity contribution in [3.05, 3.63) is 30.6 Å². The first-order valence-corrected chi connectivity index (χ1v) is 10.1. The number of rotatable bonds is 10. The fraction of sp³-hybridized carbons (Fsp3) is 0.526. The minimum absolute atomic E-state index is 0.857. The van der Waals surface area contributed by atoms with Gasteiger partial charge in [0.2, 0.25) is 5.16 Å². The van der Waals surface area contributed by atoms with Gasteiger partial charge in [0.05, 0.1) is 5.52 Å². The lowest BCUT2D eigenvalue weighted by Crippen LogP contribution is -1.90. The summed E-state index contributed by atoms with van der Waals surface area (Å²) in [4.78, 5) is 9.11. The zero-order valence-corrected chi connectivity index (χ0v) is 15.3. The molecule has 2 heterocycles. The van der Waals surface area contributed by atoms with Crippen molar-refractivity contribution < 1.29 is 0 Å². The number of nitrogens with zero attached hydrogens (tertiary/aromatic N) is 4. The molecule has 24 heavy (non-hydrogen) atoms. The number of unbranched alkanes of at least 4 members (excludes halogenated alkanes) is 7. The van der Waals surface area contributed by atoms with Crippen LogP contribution in [0.2, 0.25) is 0 Å². The van der Waals surface area contributed by atoms with Crippen LogP contribution in [0.1, 0.15) is 58.3 Å². The molecular formula is C19H26N4S. The van der Waals surface area contributed by atoms with E-state index in [-0.39, 0.29) is 0 Å². The number of fused-ring (bicyclic) bond motifs is 3. The normalized spacial score (nSPS) is 11.5. The van der Waals surface area contributed by atoms with Crippen LogP contribution in [0.5, 0.6) is 0 Å². The highest BCUT2D eigenvalue weighted by Crippen LogP contribution is 2.21. The molecule has 0 atom stereocenters. The summed E-state index contributed by atoms with van der Waals surface area (Å²) >= 11 is 1.76. The molecule has 0 radical (unpaired) electrons. The Hall–Kier alpha value is -1.62.